The van der Waals surface area contributed by atoms with Crippen LogP contribution in [0.25, 0.3) is 0 Å². The van der Waals surface area contributed by atoms with Crippen LogP contribution in [0, 0.1) is 11.8 Å². The van der Waals surface area contributed by atoms with Crippen LogP contribution in [-0.4, -0.2) is 54.0 Å². The van der Waals surface area contributed by atoms with Crippen molar-refractivity contribution in [1.82, 2.24) is 5.32 Å². The van der Waals surface area contributed by atoms with Crippen molar-refractivity contribution in [3.63, 3.8) is 0 Å². The number of carbonyl (C=O) groups is 4. The molecule has 208 valence electrons. The molecule has 0 radical (unpaired) electrons. The number of aliphatic carboxylic acids is 1. The summed E-state index contributed by atoms with van der Waals surface area (Å²) in [7, 11) is 0. The summed E-state index contributed by atoms with van der Waals surface area (Å²) >= 11 is 0. The third kappa shape index (κ3) is 13.1. The smallest absolute Gasteiger partial charge is 0.480 e. The third-order valence-corrected chi connectivity index (χ3v) is 5.16. The Labute approximate surface area is 219 Å². The molecule has 2 N–H and O–H groups in total. The molecule has 0 spiro atoms. The Morgan fingerprint density at radius 3 is 1.89 bits per heavy atom. The van der Waals surface area contributed by atoms with Gasteiger partial charge in [0.05, 0.1) is 0 Å². The van der Waals surface area contributed by atoms with E-state index < -0.39 is 36.2 Å². The molecule has 1 aromatic carbocycles. The molecule has 0 saturated heterocycles. The van der Waals surface area contributed by atoms with Crippen molar-refractivity contribution in [2.75, 3.05) is 6.54 Å². The number of nitrogens with one attached hydrogen (secondary N) is 1. The van der Waals surface area contributed by atoms with Crippen LogP contribution in [0.2, 0.25) is 0 Å². The molecular formula is C27H41NO9. The van der Waals surface area contributed by atoms with Crippen molar-refractivity contribution < 1.29 is 43.2 Å². The van der Waals surface area contributed by atoms with Crippen LogP contribution in [0.3, 0.4) is 0 Å². The van der Waals surface area contributed by atoms with Crippen molar-refractivity contribution in [3.8, 4) is 11.5 Å². The van der Waals surface area contributed by atoms with Crippen molar-refractivity contribution in [1.29, 1.82) is 0 Å². The van der Waals surface area contributed by atoms with E-state index in [0.29, 0.717) is 12.0 Å². The van der Waals surface area contributed by atoms with Crippen LogP contribution in [0.15, 0.2) is 18.2 Å². The van der Waals surface area contributed by atoms with E-state index in [-0.39, 0.29) is 55.2 Å². The van der Waals surface area contributed by atoms with Gasteiger partial charge < -0.3 is 29.4 Å². The van der Waals surface area contributed by atoms with E-state index in [9.17, 15) is 24.3 Å². The summed E-state index contributed by atoms with van der Waals surface area (Å²) in [5.74, 6) is -1.77. The van der Waals surface area contributed by atoms with Crippen LogP contribution in [0.1, 0.15) is 73.3 Å². The quantitative estimate of drug-likeness (QED) is 0.249. The van der Waals surface area contributed by atoms with E-state index in [1.807, 2.05) is 34.6 Å². The molecule has 2 unspecified atom stereocenters. The van der Waals surface area contributed by atoms with Gasteiger partial charge in [-0.15, -0.1) is 0 Å². The Bertz CT molecular complexity index is 913. The number of rotatable bonds is 15. The van der Waals surface area contributed by atoms with E-state index in [2.05, 4.69) is 5.32 Å². The molecular weight excluding hydrogens is 482 g/mol. The summed E-state index contributed by atoms with van der Waals surface area (Å²) in [6.45, 7) is 12.8. The van der Waals surface area contributed by atoms with E-state index in [1.54, 1.807) is 19.9 Å². The molecule has 0 aliphatic carbocycles. The van der Waals surface area contributed by atoms with Crippen molar-refractivity contribution in [2.45, 2.75) is 92.4 Å². The summed E-state index contributed by atoms with van der Waals surface area (Å²) in [4.78, 5) is 48.2. The zero-order chi connectivity index (χ0) is 28.1. The molecule has 3 atom stereocenters. The zero-order valence-corrected chi connectivity index (χ0v) is 22.9. The zero-order valence-electron chi connectivity index (χ0n) is 22.9. The van der Waals surface area contributed by atoms with E-state index in [0.717, 1.165) is 0 Å². The highest BCUT2D eigenvalue weighted by Gasteiger charge is 2.22. The molecule has 1 aromatic rings. The fourth-order valence-corrected chi connectivity index (χ4v) is 3.11. The molecule has 0 bridgehead atoms. The Balaban J connectivity index is 2.96. The predicted octanol–water partition coefficient (Wildman–Crippen LogP) is 4.52. The van der Waals surface area contributed by atoms with Crippen molar-refractivity contribution in [3.05, 3.63) is 23.8 Å². The largest absolute Gasteiger partial charge is 0.508 e. The number of carbonyl (C=O) groups excluding carboxylic acids is 3. The number of carboxylic acids is 1. The summed E-state index contributed by atoms with van der Waals surface area (Å²) in [6, 6.07) is 3.57. The monoisotopic (exact) mass is 523 g/mol. The second-order valence-electron chi connectivity index (χ2n) is 9.94. The Kier molecular flexibility index (Phi) is 13.7. The lowest BCUT2D eigenvalue weighted by Gasteiger charge is -2.20. The van der Waals surface area contributed by atoms with Crippen LogP contribution in [-0.2, 0) is 30.3 Å². The first-order valence-electron chi connectivity index (χ1n) is 12.7. The minimum absolute atomic E-state index is 0.0360. The summed E-state index contributed by atoms with van der Waals surface area (Å²) in [5.41, 5.74) is 0.542. The van der Waals surface area contributed by atoms with Crippen LogP contribution < -0.4 is 14.8 Å². The van der Waals surface area contributed by atoms with Gasteiger partial charge in [0.1, 0.15) is 18.2 Å². The van der Waals surface area contributed by atoms with Crippen LogP contribution in [0.5, 0.6) is 11.5 Å². The molecule has 0 saturated carbocycles. The van der Waals surface area contributed by atoms with E-state index in [1.165, 1.54) is 12.1 Å². The topological polar surface area (TPSA) is 137 Å². The number of hydrogen-bond donors (Lipinski definition) is 2. The highest BCUT2D eigenvalue weighted by Crippen LogP contribution is 2.30. The van der Waals surface area contributed by atoms with Crippen molar-refractivity contribution in [2.24, 2.45) is 11.8 Å². The van der Waals surface area contributed by atoms with Gasteiger partial charge in [0.15, 0.2) is 11.5 Å². The summed E-state index contributed by atoms with van der Waals surface area (Å²) in [6.07, 6.45) is -0.685. The minimum atomic E-state index is -1.11. The van der Waals surface area contributed by atoms with Gasteiger partial charge >= 0.3 is 24.1 Å². The standard InChI is InChI=1S/C27H41NO9/c1-8-18(6)34-27(33)35-19(7)15-28-21(26(31)32)13-20-9-10-22(36-24(29)11-16(2)3)23(14-20)37-25(30)12-17(4)5/h9-10,14,16-19,21,28H,8,11-13,15H2,1-7H3,(H,31,32)/t18?,19?,21-/m0/s1. The summed E-state index contributed by atoms with van der Waals surface area (Å²) < 4.78 is 21.1. The molecule has 0 amide bonds. The molecule has 10 nitrogen and oxygen atoms in total. The number of benzene rings is 1. The normalized spacial score (nSPS) is 13.5. The van der Waals surface area contributed by atoms with Gasteiger partial charge in [-0.05, 0) is 56.2 Å². The maximum absolute atomic E-state index is 12.3. The first kappa shape index (κ1) is 31.9. The maximum Gasteiger partial charge on any atom is 0.508 e. The average Bonchev–Trinajstić information content (AvgIpc) is 2.76. The van der Waals surface area contributed by atoms with Gasteiger partial charge in [0.2, 0.25) is 0 Å². The lowest BCUT2D eigenvalue weighted by atomic mass is 10.0. The second kappa shape index (κ2) is 15.9. The van der Waals surface area contributed by atoms with Gasteiger partial charge in [0, 0.05) is 19.4 Å². The molecule has 0 aromatic heterocycles. The van der Waals surface area contributed by atoms with Crippen LogP contribution in [0.4, 0.5) is 4.79 Å². The molecule has 0 fully saturated rings. The predicted molar refractivity (Wildman–Crippen MR) is 137 cm³/mol. The van der Waals surface area contributed by atoms with Gasteiger partial charge in [0.25, 0.3) is 0 Å². The fraction of sp³-hybridized carbons (Fsp3) is 0.630. The van der Waals surface area contributed by atoms with Gasteiger partial charge in [-0.3, -0.25) is 14.4 Å². The first-order chi connectivity index (χ1) is 17.3. The Hall–Kier alpha value is -3.14. The van der Waals surface area contributed by atoms with E-state index >= 15 is 0 Å². The van der Waals surface area contributed by atoms with Gasteiger partial charge in [-0.1, -0.05) is 40.7 Å². The summed E-state index contributed by atoms with van der Waals surface area (Å²) in [5, 5.41) is 12.6. The van der Waals surface area contributed by atoms with Gasteiger partial charge in [-0.2, -0.15) is 0 Å². The molecule has 1 rings (SSSR count). The molecule has 0 heterocycles. The lowest BCUT2D eigenvalue weighted by molar-refractivity contribution is -0.139. The van der Waals surface area contributed by atoms with E-state index in [4.69, 9.17) is 18.9 Å². The molecule has 0 aliphatic rings. The first-order valence-corrected chi connectivity index (χ1v) is 12.7. The number of ether oxygens (including phenoxy) is 4. The second-order valence-corrected chi connectivity index (χ2v) is 9.94. The third-order valence-electron chi connectivity index (χ3n) is 5.16. The minimum Gasteiger partial charge on any atom is -0.480 e. The number of carboxylic acid groups (broad SMARTS) is 1. The lowest BCUT2D eigenvalue weighted by Crippen LogP contribution is -2.42. The highest BCUT2D eigenvalue weighted by atomic mass is 16.7. The number of hydrogen-bond acceptors (Lipinski definition) is 9. The molecule has 0 aliphatic heterocycles. The Morgan fingerprint density at radius 1 is 0.838 bits per heavy atom. The maximum atomic E-state index is 12.3. The Morgan fingerprint density at radius 2 is 1.38 bits per heavy atom. The van der Waals surface area contributed by atoms with Crippen molar-refractivity contribution >= 4 is 24.1 Å². The number of esters is 2. The SMILES string of the molecule is CCC(C)OC(=O)OC(C)CN[C@@H](Cc1ccc(OC(=O)CC(C)C)c(OC(=O)CC(C)C)c1)C(=O)O. The molecule has 37 heavy (non-hydrogen) atoms. The fourth-order valence-electron chi connectivity index (χ4n) is 3.11. The molecule has 10 heteroatoms. The average molecular weight is 524 g/mol. The highest BCUT2D eigenvalue weighted by molar-refractivity contribution is 5.77. The van der Waals surface area contributed by atoms with Gasteiger partial charge in [-0.25, -0.2) is 4.79 Å². The van der Waals surface area contributed by atoms with Crippen LogP contribution >= 0.6 is 0 Å².